The molecule has 4 nitrogen and oxygen atoms in total. The monoisotopic (exact) mass is 366 g/mol. The molecule has 0 heterocycles. The van der Waals surface area contributed by atoms with Gasteiger partial charge in [0.25, 0.3) is 5.91 Å². The van der Waals surface area contributed by atoms with Gasteiger partial charge in [-0.3, -0.25) is 4.79 Å². The maximum atomic E-state index is 12.3. The smallest absolute Gasteiger partial charge is 0.406 e. The van der Waals surface area contributed by atoms with Gasteiger partial charge in [-0.2, -0.15) is 0 Å². The van der Waals surface area contributed by atoms with Crippen LogP contribution in [0.2, 0.25) is 0 Å². The van der Waals surface area contributed by atoms with E-state index in [1.54, 1.807) is 30.3 Å². The Labute approximate surface area is 150 Å². The number of amides is 1. The molecule has 0 aliphatic heterocycles. The van der Waals surface area contributed by atoms with Gasteiger partial charge >= 0.3 is 6.36 Å². The van der Waals surface area contributed by atoms with Gasteiger partial charge in [0.05, 0.1) is 0 Å². The molecule has 0 saturated heterocycles. The van der Waals surface area contributed by atoms with Crippen LogP contribution in [0.25, 0.3) is 0 Å². The number of benzene rings is 2. The average molecular weight is 366 g/mol. The molecular weight excluding hydrogens is 345 g/mol. The lowest BCUT2D eigenvalue weighted by atomic mass is 10.1. The summed E-state index contributed by atoms with van der Waals surface area (Å²) in [4.78, 5) is 12.0. The third-order valence-electron chi connectivity index (χ3n) is 3.51. The molecule has 0 aliphatic rings. The molecule has 0 fully saturated rings. The van der Waals surface area contributed by atoms with Gasteiger partial charge in [-0.05, 0) is 48.7 Å². The third kappa shape index (κ3) is 6.66. The van der Waals surface area contributed by atoms with Crippen molar-refractivity contribution in [1.29, 1.82) is 0 Å². The summed E-state index contributed by atoms with van der Waals surface area (Å²) >= 11 is 0. The predicted molar refractivity (Wildman–Crippen MR) is 94.6 cm³/mol. The highest BCUT2D eigenvalue weighted by Crippen LogP contribution is 2.26. The summed E-state index contributed by atoms with van der Waals surface area (Å²) in [5.41, 5.74) is 1.61. The number of nitrogens with one attached hydrogen (secondary N) is 2. The summed E-state index contributed by atoms with van der Waals surface area (Å²) in [5, 5.41) is 5.82. The maximum Gasteiger partial charge on any atom is 0.573 e. The zero-order valence-electron chi connectivity index (χ0n) is 14.6. The largest absolute Gasteiger partial charge is 0.573 e. The Morgan fingerprint density at radius 1 is 1.08 bits per heavy atom. The Hall–Kier alpha value is -2.70. The van der Waals surface area contributed by atoms with Crippen molar-refractivity contribution < 1.29 is 22.7 Å². The van der Waals surface area contributed by atoms with Crippen molar-refractivity contribution in [3.63, 3.8) is 0 Å². The summed E-state index contributed by atoms with van der Waals surface area (Å²) in [6.07, 6.45) is -3.83. The lowest BCUT2D eigenvalue weighted by Gasteiger charge is -2.12. The van der Waals surface area contributed by atoms with Gasteiger partial charge in [0.15, 0.2) is 0 Å². The van der Waals surface area contributed by atoms with Gasteiger partial charge in [-0.15, -0.1) is 13.2 Å². The molecule has 0 saturated carbocycles. The summed E-state index contributed by atoms with van der Waals surface area (Å²) in [5.74, 6) is 0.0559. The number of anilines is 2. The highest BCUT2D eigenvalue weighted by Gasteiger charge is 2.31. The number of halogens is 3. The van der Waals surface area contributed by atoms with E-state index in [4.69, 9.17) is 0 Å². The minimum Gasteiger partial charge on any atom is -0.406 e. The first-order valence-electron chi connectivity index (χ1n) is 8.24. The van der Waals surface area contributed by atoms with Gasteiger partial charge in [0.1, 0.15) is 5.75 Å². The Kier molecular flexibility index (Phi) is 6.49. The van der Waals surface area contributed by atoms with E-state index in [0.29, 0.717) is 29.4 Å². The van der Waals surface area contributed by atoms with Crippen LogP contribution in [-0.2, 0) is 0 Å². The van der Waals surface area contributed by atoms with Crippen molar-refractivity contribution in [3.05, 3.63) is 54.1 Å². The molecule has 0 unspecified atom stereocenters. The molecule has 0 aliphatic carbocycles. The normalized spacial score (nSPS) is 11.3. The van der Waals surface area contributed by atoms with E-state index in [2.05, 4.69) is 29.2 Å². The molecule has 0 atom stereocenters. The average Bonchev–Trinajstić information content (AvgIpc) is 2.54. The van der Waals surface area contributed by atoms with Crippen molar-refractivity contribution in [2.75, 3.05) is 11.9 Å². The van der Waals surface area contributed by atoms with E-state index in [-0.39, 0.29) is 11.7 Å². The molecule has 2 N–H and O–H groups in total. The first-order chi connectivity index (χ1) is 12.2. The van der Waals surface area contributed by atoms with E-state index >= 15 is 0 Å². The predicted octanol–water partition coefficient (Wildman–Crippen LogP) is 5.10. The molecule has 0 bridgehead atoms. The fraction of sp³-hybridized carbons (Fsp3) is 0.316. The number of alkyl halides is 3. The third-order valence-corrected chi connectivity index (χ3v) is 3.51. The van der Waals surface area contributed by atoms with Gasteiger partial charge in [-0.1, -0.05) is 19.9 Å². The lowest BCUT2D eigenvalue weighted by molar-refractivity contribution is -0.274. The van der Waals surface area contributed by atoms with Crippen molar-refractivity contribution >= 4 is 17.3 Å². The lowest BCUT2D eigenvalue weighted by Crippen LogP contribution is -2.25. The van der Waals surface area contributed by atoms with Crippen LogP contribution in [0.5, 0.6) is 5.75 Å². The quantitative estimate of drug-likeness (QED) is 0.716. The number of carbonyl (C=O) groups excluding carboxylic acids is 1. The summed E-state index contributed by atoms with van der Waals surface area (Å²) in [7, 11) is 0. The number of carbonyl (C=O) groups is 1. The van der Waals surface area contributed by atoms with Crippen molar-refractivity contribution in [2.45, 2.75) is 26.6 Å². The Morgan fingerprint density at radius 2 is 1.77 bits per heavy atom. The van der Waals surface area contributed by atoms with E-state index < -0.39 is 6.36 Å². The van der Waals surface area contributed by atoms with E-state index in [1.165, 1.54) is 18.2 Å². The van der Waals surface area contributed by atoms with Gasteiger partial charge < -0.3 is 15.4 Å². The van der Waals surface area contributed by atoms with Gasteiger partial charge in [0, 0.05) is 29.5 Å². The van der Waals surface area contributed by atoms with Crippen LogP contribution in [0.1, 0.15) is 30.6 Å². The second-order valence-corrected chi connectivity index (χ2v) is 6.22. The fourth-order valence-corrected chi connectivity index (χ4v) is 2.22. The van der Waals surface area contributed by atoms with Crippen LogP contribution < -0.4 is 15.4 Å². The Bertz CT molecular complexity index is 728. The summed E-state index contributed by atoms with van der Waals surface area (Å²) in [6.45, 7) is 4.78. The molecule has 0 aromatic heterocycles. The van der Waals surface area contributed by atoms with Gasteiger partial charge in [-0.25, -0.2) is 0 Å². The molecule has 140 valence electrons. The van der Waals surface area contributed by atoms with Gasteiger partial charge in [0.2, 0.25) is 0 Å². The zero-order chi connectivity index (χ0) is 19.2. The number of rotatable bonds is 7. The van der Waals surface area contributed by atoms with E-state index in [0.717, 1.165) is 6.42 Å². The molecular formula is C19H21F3N2O2. The highest BCUT2D eigenvalue weighted by atomic mass is 19.4. The topological polar surface area (TPSA) is 50.4 Å². The molecule has 26 heavy (non-hydrogen) atoms. The van der Waals surface area contributed by atoms with Crippen molar-refractivity contribution in [1.82, 2.24) is 5.32 Å². The molecule has 0 spiro atoms. The number of hydrogen-bond acceptors (Lipinski definition) is 3. The minimum atomic E-state index is -4.73. The summed E-state index contributed by atoms with van der Waals surface area (Å²) in [6, 6.07) is 12.2. The Morgan fingerprint density at radius 3 is 2.38 bits per heavy atom. The Balaban J connectivity index is 1.97. The van der Waals surface area contributed by atoms with Crippen LogP contribution in [0.15, 0.2) is 48.5 Å². The molecule has 2 rings (SSSR count). The van der Waals surface area contributed by atoms with Crippen LogP contribution in [-0.4, -0.2) is 18.8 Å². The maximum absolute atomic E-state index is 12.3. The molecule has 0 radical (unpaired) electrons. The van der Waals surface area contributed by atoms with E-state index in [9.17, 15) is 18.0 Å². The molecule has 2 aromatic carbocycles. The van der Waals surface area contributed by atoms with Crippen LogP contribution in [0.4, 0.5) is 24.5 Å². The van der Waals surface area contributed by atoms with Crippen molar-refractivity contribution in [2.24, 2.45) is 5.92 Å². The zero-order valence-corrected chi connectivity index (χ0v) is 14.6. The standard InChI is InChI=1S/C19H21F3N2O2/c1-13(2)10-11-23-18(25)14-6-8-15(9-7-14)24-16-4-3-5-17(12-16)26-19(20,21)22/h3-9,12-13,24H,10-11H2,1-2H3,(H,23,25). The second-order valence-electron chi connectivity index (χ2n) is 6.22. The minimum absolute atomic E-state index is 0.155. The number of hydrogen-bond donors (Lipinski definition) is 2. The molecule has 1 amide bonds. The summed E-state index contributed by atoms with van der Waals surface area (Å²) < 4.78 is 40.7. The first kappa shape index (κ1) is 19.6. The second kappa shape index (κ2) is 8.60. The van der Waals surface area contributed by atoms with Crippen LogP contribution in [0, 0.1) is 5.92 Å². The van der Waals surface area contributed by atoms with Crippen molar-refractivity contribution in [3.8, 4) is 5.75 Å². The SMILES string of the molecule is CC(C)CCNC(=O)c1ccc(Nc2cccc(OC(F)(F)F)c2)cc1. The van der Waals surface area contributed by atoms with E-state index in [1.807, 2.05) is 0 Å². The first-order valence-corrected chi connectivity index (χ1v) is 8.24. The van der Waals surface area contributed by atoms with Crippen LogP contribution >= 0.6 is 0 Å². The molecule has 2 aromatic rings. The molecule has 7 heteroatoms. The number of ether oxygens (including phenoxy) is 1. The highest BCUT2D eigenvalue weighted by molar-refractivity contribution is 5.94. The fourth-order valence-electron chi connectivity index (χ4n) is 2.22. The van der Waals surface area contributed by atoms with Crippen LogP contribution in [0.3, 0.4) is 0 Å².